The standard InChI is InChI=1S/C17H13F4N3O2/c18-12-5-1-10(2-6-12)14-9-16(26,17(19,20)21)24(23-14)15(25)11-3-7-13(22)8-4-11/h1-9,23,26H,22H2/t16-/m0/s1. The number of nitrogens with zero attached hydrogens (tertiary/aromatic N) is 1. The lowest BCUT2D eigenvalue weighted by Gasteiger charge is -2.33. The fourth-order valence-corrected chi connectivity index (χ4v) is 2.45. The average molecular weight is 367 g/mol. The van der Waals surface area contributed by atoms with Crippen LogP contribution in [0.2, 0.25) is 0 Å². The molecule has 0 unspecified atom stereocenters. The Balaban J connectivity index is 2.01. The van der Waals surface area contributed by atoms with Gasteiger partial charge in [0, 0.05) is 17.3 Å². The molecule has 1 aliphatic rings. The third-order valence-corrected chi connectivity index (χ3v) is 3.85. The van der Waals surface area contributed by atoms with Gasteiger partial charge in [0.1, 0.15) is 5.82 Å². The lowest BCUT2D eigenvalue weighted by atomic mass is 10.1. The van der Waals surface area contributed by atoms with Gasteiger partial charge < -0.3 is 10.8 Å². The van der Waals surface area contributed by atoms with Crippen molar-refractivity contribution < 1.29 is 27.5 Å². The summed E-state index contributed by atoms with van der Waals surface area (Å²) >= 11 is 0. The Morgan fingerprint density at radius 2 is 1.65 bits per heavy atom. The van der Waals surface area contributed by atoms with Crippen LogP contribution in [0, 0.1) is 5.82 Å². The molecule has 0 bridgehead atoms. The number of halogens is 4. The van der Waals surface area contributed by atoms with Gasteiger partial charge in [-0.25, -0.2) is 9.40 Å². The van der Waals surface area contributed by atoms with E-state index in [0.29, 0.717) is 11.8 Å². The number of benzene rings is 2. The number of anilines is 1. The third kappa shape index (κ3) is 2.97. The second kappa shape index (κ2) is 6.03. The molecule has 4 N–H and O–H groups in total. The van der Waals surface area contributed by atoms with Crippen LogP contribution < -0.4 is 11.2 Å². The van der Waals surface area contributed by atoms with Crippen LogP contribution in [0.5, 0.6) is 0 Å². The van der Waals surface area contributed by atoms with E-state index in [9.17, 15) is 27.5 Å². The summed E-state index contributed by atoms with van der Waals surface area (Å²) in [7, 11) is 0. The second-order valence-electron chi connectivity index (χ2n) is 5.66. The Bertz CT molecular complexity index is 863. The van der Waals surface area contributed by atoms with Crippen molar-refractivity contribution >= 4 is 17.3 Å². The molecule has 1 aliphatic heterocycles. The lowest BCUT2D eigenvalue weighted by Crippen LogP contribution is -2.60. The fourth-order valence-electron chi connectivity index (χ4n) is 2.45. The highest BCUT2D eigenvalue weighted by atomic mass is 19.4. The van der Waals surface area contributed by atoms with Gasteiger partial charge in [0.05, 0.1) is 5.70 Å². The van der Waals surface area contributed by atoms with Crippen LogP contribution in [0.15, 0.2) is 54.6 Å². The highest BCUT2D eigenvalue weighted by Gasteiger charge is 2.61. The molecule has 9 heteroatoms. The van der Waals surface area contributed by atoms with Crippen LogP contribution in [0.1, 0.15) is 15.9 Å². The molecular formula is C17H13F4N3O2. The molecular weight excluding hydrogens is 354 g/mol. The van der Waals surface area contributed by atoms with E-state index in [0.717, 1.165) is 12.1 Å². The zero-order chi connectivity index (χ0) is 19.1. The van der Waals surface area contributed by atoms with E-state index in [1.807, 2.05) is 0 Å². The minimum Gasteiger partial charge on any atom is -0.399 e. The number of aliphatic hydroxyl groups is 1. The number of hydrazine groups is 1. The van der Waals surface area contributed by atoms with Gasteiger partial charge in [0.2, 0.25) is 0 Å². The van der Waals surface area contributed by atoms with Crippen molar-refractivity contribution in [3.05, 3.63) is 71.6 Å². The number of amides is 1. The molecule has 0 radical (unpaired) electrons. The highest BCUT2D eigenvalue weighted by molar-refractivity contribution is 5.96. The molecule has 1 atom stereocenters. The summed E-state index contributed by atoms with van der Waals surface area (Å²) in [6.45, 7) is 0. The number of hydrogen-bond donors (Lipinski definition) is 3. The first-order chi connectivity index (χ1) is 12.1. The molecule has 0 aliphatic carbocycles. The van der Waals surface area contributed by atoms with E-state index in [1.54, 1.807) is 0 Å². The van der Waals surface area contributed by atoms with Crippen molar-refractivity contribution in [3.63, 3.8) is 0 Å². The molecule has 0 saturated heterocycles. The van der Waals surface area contributed by atoms with E-state index >= 15 is 0 Å². The van der Waals surface area contributed by atoms with Gasteiger partial charge in [0.15, 0.2) is 0 Å². The monoisotopic (exact) mass is 367 g/mol. The summed E-state index contributed by atoms with van der Waals surface area (Å²) in [5, 5.41) is 10.3. The number of carbonyl (C=O) groups is 1. The van der Waals surface area contributed by atoms with Gasteiger partial charge in [0.25, 0.3) is 11.6 Å². The predicted octanol–water partition coefficient (Wildman–Crippen LogP) is 2.66. The zero-order valence-corrected chi connectivity index (χ0v) is 13.1. The van der Waals surface area contributed by atoms with Gasteiger partial charge >= 0.3 is 6.18 Å². The van der Waals surface area contributed by atoms with Crippen LogP contribution in [0.4, 0.5) is 23.2 Å². The van der Waals surface area contributed by atoms with Gasteiger partial charge in [-0.1, -0.05) is 0 Å². The van der Waals surface area contributed by atoms with E-state index in [4.69, 9.17) is 5.73 Å². The summed E-state index contributed by atoms with van der Waals surface area (Å²) in [4.78, 5) is 12.5. The molecule has 0 spiro atoms. The minimum absolute atomic E-state index is 0.0806. The first kappa shape index (κ1) is 17.7. The summed E-state index contributed by atoms with van der Waals surface area (Å²) in [5.41, 5.74) is 4.39. The summed E-state index contributed by atoms with van der Waals surface area (Å²) in [5.74, 6) is -1.69. The van der Waals surface area contributed by atoms with E-state index in [-0.39, 0.29) is 21.8 Å². The zero-order valence-electron chi connectivity index (χ0n) is 13.1. The van der Waals surface area contributed by atoms with Gasteiger partial charge in [-0.15, -0.1) is 0 Å². The lowest BCUT2D eigenvalue weighted by molar-refractivity contribution is -0.283. The minimum atomic E-state index is -5.18. The molecule has 2 aromatic carbocycles. The molecule has 3 rings (SSSR count). The van der Waals surface area contributed by atoms with Crippen LogP contribution >= 0.6 is 0 Å². The van der Waals surface area contributed by atoms with Crippen LogP contribution in [-0.4, -0.2) is 27.9 Å². The maximum Gasteiger partial charge on any atom is 0.442 e. The smallest absolute Gasteiger partial charge is 0.399 e. The van der Waals surface area contributed by atoms with E-state index < -0.39 is 23.6 Å². The number of nitrogen functional groups attached to an aromatic ring is 1. The van der Waals surface area contributed by atoms with Gasteiger partial charge in [-0.05, 0) is 54.1 Å². The second-order valence-corrected chi connectivity index (χ2v) is 5.66. The number of nitrogens with two attached hydrogens (primary N) is 1. The molecule has 2 aromatic rings. The Morgan fingerprint density at radius 3 is 2.19 bits per heavy atom. The molecule has 5 nitrogen and oxygen atoms in total. The normalized spacial score (nSPS) is 19.9. The largest absolute Gasteiger partial charge is 0.442 e. The van der Waals surface area contributed by atoms with E-state index in [2.05, 4.69) is 5.43 Å². The van der Waals surface area contributed by atoms with Crippen LogP contribution in [0.3, 0.4) is 0 Å². The van der Waals surface area contributed by atoms with Crippen LogP contribution in [0.25, 0.3) is 5.70 Å². The molecule has 26 heavy (non-hydrogen) atoms. The Morgan fingerprint density at radius 1 is 1.08 bits per heavy atom. The fraction of sp³-hybridized carbons (Fsp3) is 0.118. The Labute approximate surface area is 145 Å². The molecule has 0 aromatic heterocycles. The number of nitrogens with one attached hydrogen (secondary N) is 1. The number of alkyl halides is 3. The Hall–Kier alpha value is -3.07. The van der Waals surface area contributed by atoms with E-state index in [1.165, 1.54) is 36.4 Å². The van der Waals surface area contributed by atoms with Crippen molar-refractivity contribution in [2.24, 2.45) is 0 Å². The first-order valence-electron chi connectivity index (χ1n) is 7.36. The molecule has 0 fully saturated rings. The topological polar surface area (TPSA) is 78.6 Å². The molecule has 1 amide bonds. The number of hydrogen-bond acceptors (Lipinski definition) is 4. The quantitative estimate of drug-likeness (QED) is 0.563. The highest BCUT2D eigenvalue weighted by Crippen LogP contribution is 2.40. The molecule has 136 valence electrons. The van der Waals surface area contributed by atoms with Crippen molar-refractivity contribution in [2.45, 2.75) is 11.9 Å². The summed E-state index contributed by atoms with van der Waals surface area (Å²) < 4.78 is 53.5. The average Bonchev–Trinajstić information content (AvgIpc) is 2.94. The first-order valence-corrected chi connectivity index (χ1v) is 7.36. The molecule has 1 heterocycles. The maximum atomic E-state index is 13.5. The van der Waals surface area contributed by atoms with Gasteiger partial charge in [-0.2, -0.15) is 13.2 Å². The third-order valence-electron chi connectivity index (χ3n) is 3.85. The Kier molecular flexibility index (Phi) is 4.11. The number of rotatable bonds is 2. The predicted molar refractivity (Wildman–Crippen MR) is 85.5 cm³/mol. The van der Waals surface area contributed by atoms with Crippen molar-refractivity contribution in [3.8, 4) is 0 Å². The van der Waals surface area contributed by atoms with Crippen molar-refractivity contribution in [1.29, 1.82) is 0 Å². The number of carbonyl (C=O) groups excluding carboxylic acids is 1. The van der Waals surface area contributed by atoms with Crippen molar-refractivity contribution in [2.75, 3.05) is 5.73 Å². The maximum absolute atomic E-state index is 13.5. The van der Waals surface area contributed by atoms with Crippen LogP contribution in [-0.2, 0) is 0 Å². The summed E-state index contributed by atoms with van der Waals surface area (Å²) in [6, 6.07) is 9.74. The van der Waals surface area contributed by atoms with Gasteiger partial charge in [-0.3, -0.25) is 10.2 Å². The SMILES string of the molecule is Nc1ccc(C(=O)N2NC(c3ccc(F)cc3)=C[C@]2(O)C(F)(F)F)cc1. The molecule has 0 saturated carbocycles. The summed E-state index contributed by atoms with van der Waals surface area (Å²) in [6.07, 6.45) is -4.71. The van der Waals surface area contributed by atoms with Crippen molar-refractivity contribution in [1.82, 2.24) is 10.4 Å².